The first-order valence-electron chi connectivity index (χ1n) is 4.44. The van der Waals surface area contributed by atoms with Crippen molar-refractivity contribution in [2.75, 3.05) is 20.3 Å². The number of ether oxygens (including phenoxy) is 2. The molecule has 76 valence electrons. The number of hydrogen-bond donors (Lipinski definition) is 0. The molecule has 1 aromatic heterocycles. The first-order valence-corrected chi connectivity index (χ1v) is 5.23. The summed E-state index contributed by atoms with van der Waals surface area (Å²) in [7, 11) is 1.69. The van der Waals surface area contributed by atoms with Gasteiger partial charge in [-0.1, -0.05) is 0 Å². The fraction of sp³-hybridized carbons (Fsp3) is 0.500. The van der Waals surface area contributed by atoms with E-state index in [-0.39, 0.29) is 5.60 Å². The van der Waals surface area contributed by atoms with Crippen LogP contribution in [0.15, 0.2) is 16.7 Å². The second-order valence-corrected chi connectivity index (χ2v) is 4.27. The predicted octanol–water partition coefficient (Wildman–Crippen LogP) is 2.02. The molecule has 4 heteroatoms. The maximum absolute atomic E-state index is 5.48. The molecular formula is C10H12BrNO2. The average Bonchev–Trinajstić information content (AvgIpc) is 2.11. The molecule has 0 N–H and O–H groups in total. The minimum atomic E-state index is -0.342. The lowest BCUT2D eigenvalue weighted by Crippen LogP contribution is -2.49. The van der Waals surface area contributed by atoms with Gasteiger partial charge in [0.25, 0.3) is 0 Å². The van der Waals surface area contributed by atoms with Crippen molar-refractivity contribution >= 4 is 15.9 Å². The van der Waals surface area contributed by atoms with Crippen LogP contribution in [0.1, 0.15) is 11.3 Å². The normalized spacial score (nSPS) is 19.1. The summed E-state index contributed by atoms with van der Waals surface area (Å²) in [6.07, 6.45) is 1.80. The Kier molecular flexibility index (Phi) is 2.60. The largest absolute Gasteiger partial charge is 0.374 e. The Bertz CT molecular complexity index is 344. The summed E-state index contributed by atoms with van der Waals surface area (Å²) in [4.78, 5) is 4.35. The molecular weight excluding hydrogens is 246 g/mol. The number of halogens is 1. The zero-order valence-electron chi connectivity index (χ0n) is 8.21. The highest BCUT2D eigenvalue weighted by Crippen LogP contribution is 2.36. The SMILES string of the molecule is COC1(c2nccc(C)c2Br)COC1. The van der Waals surface area contributed by atoms with Crippen molar-refractivity contribution < 1.29 is 9.47 Å². The maximum Gasteiger partial charge on any atom is 0.157 e. The second-order valence-electron chi connectivity index (χ2n) is 3.48. The molecule has 3 nitrogen and oxygen atoms in total. The van der Waals surface area contributed by atoms with E-state index in [0.717, 1.165) is 10.2 Å². The molecule has 0 spiro atoms. The molecule has 0 amide bonds. The zero-order chi connectivity index (χ0) is 10.2. The van der Waals surface area contributed by atoms with E-state index in [2.05, 4.69) is 20.9 Å². The number of aryl methyl sites for hydroxylation is 1. The minimum Gasteiger partial charge on any atom is -0.374 e. The van der Waals surface area contributed by atoms with Crippen LogP contribution in [0.4, 0.5) is 0 Å². The molecule has 1 aromatic rings. The summed E-state index contributed by atoms with van der Waals surface area (Å²) in [6.45, 7) is 3.20. The molecule has 2 rings (SSSR count). The van der Waals surface area contributed by atoms with Gasteiger partial charge in [0.1, 0.15) is 0 Å². The third kappa shape index (κ3) is 1.38. The Hall–Kier alpha value is -0.450. The summed E-state index contributed by atoms with van der Waals surface area (Å²) in [5.74, 6) is 0. The Morgan fingerprint density at radius 3 is 2.79 bits per heavy atom. The second kappa shape index (κ2) is 3.61. The summed E-state index contributed by atoms with van der Waals surface area (Å²) in [5.41, 5.74) is 1.76. The number of nitrogens with zero attached hydrogens (tertiary/aromatic N) is 1. The topological polar surface area (TPSA) is 31.4 Å². The van der Waals surface area contributed by atoms with Crippen LogP contribution in [-0.2, 0) is 15.1 Å². The Morgan fingerprint density at radius 2 is 2.29 bits per heavy atom. The van der Waals surface area contributed by atoms with Gasteiger partial charge in [-0.15, -0.1) is 0 Å². The van der Waals surface area contributed by atoms with Gasteiger partial charge in [-0.25, -0.2) is 0 Å². The standard InChI is InChI=1S/C10H12BrNO2/c1-7-3-4-12-9(8(7)11)10(13-2)5-14-6-10/h3-4H,5-6H2,1-2H3. The fourth-order valence-electron chi connectivity index (χ4n) is 1.50. The van der Waals surface area contributed by atoms with Crippen LogP contribution in [-0.4, -0.2) is 25.3 Å². The predicted molar refractivity (Wildman–Crippen MR) is 56.2 cm³/mol. The Balaban J connectivity index is 2.45. The molecule has 0 bridgehead atoms. The highest BCUT2D eigenvalue weighted by atomic mass is 79.9. The van der Waals surface area contributed by atoms with E-state index in [0.29, 0.717) is 13.2 Å². The fourth-order valence-corrected chi connectivity index (χ4v) is 2.09. The van der Waals surface area contributed by atoms with E-state index in [4.69, 9.17) is 9.47 Å². The van der Waals surface area contributed by atoms with Crippen LogP contribution in [0.5, 0.6) is 0 Å². The van der Waals surface area contributed by atoms with Crippen molar-refractivity contribution in [3.8, 4) is 0 Å². The quantitative estimate of drug-likeness (QED) is 0.813. The number of pyridine rings is 1. The summed E-state index contributed by atoms with van der Waals surface area (Å²) < 4.78 is 11.7. The van der Waals surface area contributed by atoms with Crippen molar-refractivity contribution in [3.63, 3.8) is 0 Å². The molecule has 1 aliphatic rings. The van der Waals surface area contributed by atoms with Crippen LogP contribution >= 0.6 is 15.9 Å². The summed E-state index contributed by atoms with van der Waals surface area (Å²) in [6, 6.07) is 1.97. The van der Waals surface area contributed by atoms with Crippen LogP contribution in [0.3, 0.4) is 0 Å². The van der Waals surface area contributed by atoms with Gasteiger partial charge >= 0.3 is 0 Å². The van der Waals surface area contributed by atoms with E-state index in [9.17, 15) is 0 Å². The third-order valence-corrected chi connectivity index (χ3v) is 3.58. The molecule has 0 aliphatic carbocycles. The van der Waals surface area contributed by atoms with Gasteiger partial charge in [-0.2, -0.15) is 0 Å². The first-order chi connectivity index (χ1) is 6.69. The maximum atomic E-state index is 5.48. The van der Waals surface area contributed by atoms with E-state index < -0.39 is 0 Å². The van der Waals surface area contributed by atoms with E-state index >= 15 is 0 Å². The van der Waals surface area contributed by atoms with Gasteiger partial charge in [0, 0.05) is 17.8 Å². The van der Waals surface area contributed by atoms with Crippen molar-refractivity contribution in [3.05, 3.63) is 28.0 Å². The average molecular weight is 258 g/mol. The highest BCUT2D eigenvalue weighted by molar-refractivity contribution is 9.10. The van der Waals surface area contributed by atoms with Gasteiger partial charge in [-0.3, -0.25) is 4.98 Å². The lowest BCUT2D eigenvalue weighted by atomic mass is 9.96. The van der Waals surface area contributed by atoms with Crippen LogP contribution in [0.25, 0.3) is 0 Å². The molecule has 1 aliphatic heterocycles. The van der Waals surface area contributed by atoms with Crippen molar-refractivity contribution in [2.45, 2.75) is 12.5 Å². The van der Waals surface area contributed by atoms with Crippen LogP contribution in [0, 0.1) is 6.92 Å². The van der Waals surface area contributed by atoms with Crippen molar-refractivity contribution in [1.29, 1.82) is 0 Å². The van der Waals surface area contributed by atoms with E-state index in [1.54, 1.807) is 13.3 Å². The molecule has 1 saturated heterocycles. The lowest BCUT2D eigenvalue weighted by molar-refractivity contribution is -0.205. The molecule has 0 unspecified atom stereocenters. The number of rotatable bonds is 2. The molecule has 0 saturated carbocycles. The van der Waals surface area contributed by atoms with Gasteiger partial charge in [-0.05, 0) is 34.5 Å². The smallest absolute Gasteiger partial charge is 0.157 e. The van der Waals surface area contributed by atoms with Crippen molar-refractivity contribution in [2.24, 2.45) is 0 Å². The van der Waals surface area contributed by atoms with Gasteiger partial charge < -0.3 is 9.47 Å². The highest BCUT2D eigenvalue weighted by Gasteiger charge is 2.43. The Morgan fingerprint density at radius 1 is 1.57 bits per heavy atom. The molecule has 2 heterocycles. The summed E-state index contributed by atoms with van der Waals surface area (Å²) in [5, 5.41) is 0. The Labute approximate surface area is 91.6 Å². The number of methoxy groups -OCH3 is 1. The van der Waals surface area contributed by atoms with E-state index in [1.807, 2.05) is 13.0 Å². The molecule has 0 radical (unpaired) electrons. The molecule has 14 heavy (non-hydrogen) atoms. The molecule has 1 fully saturated rings. The third-order valence-electron chi connectivity index (χ3n) is 2.58. The number of aromatic nitrogens is 1. The first kappa shape index (κ1) is 10.1. The monoisotopic (exact) mass is 257 g/mol. The molecule has 0 atom stereocenters. The summed E-state index contributed by atoms with van der Waals surface area (Å²) >= 11 is 3.53. The molecule has 0 aromatic carbocycles. The van der Waals surface area contributed by atoms with Gasteiger partial charge in [0.2, 0.25) is 0 Å². The zero-order valence-corrected chi connectivity index (χ0v) is 9.80. The van der Waals surface area contributed by atoms with Crippen LogP contribution in [0.2, 0.25) is 0 Å². The lowest BCUT2D eigenvalue weighted by Gasteiger charge is -2.40. The minimum absolute atomic E-state index is 0.342. The van der Waals surface area contributed by atoms with Crippen LogP contribution < -0.4 is 0 Å². The van der Waals surface area contributed by atoms with Gasteiger partial charge in [0.15, 0.2) is 5.60 Å². The van der Waals surface area contributed by atoms with Crippen molar-refractivity contribution in [1.82, 2.24) is 4.98 Å². The van der Waals surface area contributed by atoms with Gasteiger partial charge in [0.05, 0.1) is 18.9 Å². The number of hydrogen-bond acceptors (Lipinski definition) is 3. The van der Waals surface area contributed by atoms with E-state index in [1.165, 1.54) is 5.56 Å².